The van der Waals surface area contributed by atoms with Crippen molar-refractivity contribution in [1.29, 1.82) is 0 Å². The van der Waals surface area contributed by atoms with Gasteiger partial charge in [0.15, 0.2) is 0 Å². The van der Waals surface area contributed by atoms with Gasteiger partial charge in [-0.15, -0.1) is 11.6 Å². The van der Waals surface area contributed by atoms with Crippen molar-refractivity contribution in [2.45, 2.75) is 78.0 Å². The van der Waals surface area contributed by atoms with Crippen LogP contribution < -0.4 is 0 Å². The van der Waals surface area contributed by atoms with E-state index in [2.05, 4.69) is 20.8 Å². The summed E-state index contributed by atoms with van der Waals surface area (Å²) in [6.07, 6.45) is 8.42. The molecule has 0 N–H and O–H groups in total. The number of hydrogen-bond donors (Lipinski definition) is 0. The van der Waals surface area contributed by atoms with Crippen LogP contribution in [0, 0.1) is 5.92 Å². The van der Waals surface area contributed by atoms with Crippen molar-refractivity contribution in [3.05, 3.63) is 11.6 Å². The van der Waals surface area contributed by atoms with Crippen LogP contribution in [-0.4, -0.2) is 17.5 Å². The fourth-order valence-corrected chi connectivity index (χ4v) is 2.34. The van der Waals surface area contributed by atoms with Crippen LogP contribution in [0.3, 0.4) is 0 Å². The summed E-state index contributed by atoms with van der Waals surface area (Å²) in [6.45, 7) is 10.7. The third kappa shape index (κ3) is 12.5. The summed E-state index contributed by atoms with van der Waals surface area (Å²) in [5, 5.41) is 0. The van der Waals surface area contributed by atoms with E-state index in [-0.39, 0.29) is 10.8 Å². The average molecular weight is 303 g/mol. The number of rotatable bonds is 10. The molecule has 118 valence electrons. The molecular formula is C17H31ClO2. The van der Waals surface area contributed by atoms with Crippen molar-refractivity contribution < 1.29 is 9.53 Å². The highest BCUT2D eigenvalue weighted by atomic mass is 35.5. The zero-order valence-electron chi connectivity index (χ0n) is 13.8. The summed E-state index contributed by atoms with van der Waals surface area (Å²) in [7, 11) is 0. The lowest BCUT2D eigenvalue weighted by Gasteiger charge is -2.17. The number of esters is 1. The first-order valence-corrected chi connectivity index (χ1v) is 8.15. The van der Waals surface area contributed by atoms with Crippen LogP contribution in [0.4, 0.5) is 0 Å². The molecule has 3 heteroatoms. The Balaban J connectivity index is 3.75. The lowest BCUT2D eigenvalue weighted by Crippen LogP contribution is -2.10. The minimum atomic E-state index is -0.220. The number of alkyl halides is 1. The van der Waals surface area contributed by atoms with Crippen molar-refractivity contribution >= 4 is 17.6 Å². The van der Waals surface area contributed by atoms with Crippen LogP contribution in [0.15, 0.2) is 11.6 Å². The first-order chi connectivity index (χ1) is 9.24. The lowest BCUT2D eigenvalue weighted by molar-refractivity contribution is -0.137. The Morgan fingerprint density at radius 2 is 1.90 bits per heavy atom. The van der Waals surface area contributed by atoms with E-state index in [0.717, 1.165) is 30.8 Å². The zero-order chi connectivity index (χ0) is 15.6. The molecule has 0 radical (unpaired) electrons. The Bertz CT molecular complexity index is 303. The first kappa shape index (κ1) is 19.5. The van der Waals surface area contributed by atoms with Gasteiger partial charge in [0.25, 0.3) is 0 Å². The molecule has 0 fully saturated rings. The molecule has 2 nitrogen and oxygen atoms in total. The average Bonchev–Trinajstić information content (AvgIpc) is 2.27. The maximum Gasteiger partial charge on any atom is 0.330 e. The maximum atomic E-state index is 11.3. The molecule has 0 aliphatic carbocycles. The second-order valence-electron chi connectivity index (χ2n) is 6.35. The summed E-state index contributed by atoms with van der Waals surface area (Å²) in [4.78, 5) is 11.2. The molecule has 0 saturated heterocycles. The molecule has 0 saturated carbocycles. The van der Waals surface area contributed by atoms with Gasteiger partial charge in [-0.2, -0.15) is 0 Å². The Morgan fingerprint density at radius 1 is 1.30 bits per heavy atom. The summed E-state index contributed by atoms with van der Waals surface area (Å²) in [5.41, 5.74) is 1.11. The second-order valence-corrected chi connectivity index (χ2v) is 7.37. The Labute approximate surface area is 129 Å². The number of carbonyl (C=O) groups excluding carboxylic acids is 1. The number of ether oxygens (including phenoxy) is 1. The predicted molar refractivity (Wildman–Crippen MR) is 87.2 cm³/mol. The second kappa shape index (κ2) is 10.3. The van der Waals surface area contributed by atoms with Gasteiger partial charge >= 0.3 is 5.97 Å². The van der Waals surface area contributed by atoms with Gasteiger partial charge in [-0.25, -0.2) is 4.79 Å². The van der Waals surface area contributed by atoms with Crippen LogP contribution in [0.25, 0.3) is 0 Å². The summed E-state index contributed by atoms with van der Waals surface area (Å²) < 4.78 is 4.90. The van der Waals surface area contributed by atoms with Gasteiger partial charge in [-0.05, 0) is 52.9 Å². The third-order valence-electron chi connectivity index (χ3n) is 3.39. The third-order valence-corrected chi connectivity index (χ3v) is 3.58. The van der Waals surface area contributed by atoms with Gasteiger partial charge in [0, 0.05) is 11.0 Å². The molecule has 0 aromatic rings. The van der Waals surface area contributed by atoms with Crippen LogP contribution in [0.5, 0.6) is 0 Å². The van der Waals surface area contributed by atoms with E-state index in [1.54, 1.807) is 6.08 Å². The lowest BCUT2D eigenvalue weighted by atomic mass is 9.94. The highest BCUT2D eigenvalue weighted by Crippen LogP contribution is 2.24. The standard InChI is InChI=1S/C17H31ClO2/c1-6-20-16(19)13-15(3)10-7-9-14(2)11-8-12-17(4,5)18/h13-14H,6-12H2,1-5H3/b15-13+. The molecule has 0 aromatic heterocycles. The Kier molecular flexibility index (Phi) is 10.0. The van der Waals surface area contributed by atoms with E-state index in [9.17, 15) is 4.79 Å². The molecule has 0 amide bonds. The molecule has 0 spiro atoms. The molecule has 0 bridgehead atoms. The topological polar surface area (TPSA) is 26.3 Å². The van der Waals surface area contributed by atoms with E-state index < -0.39 is 0 Å². The van der Waals surface area contributed by atoms with Crippen LogP contribution >= 0.6 is 11.6 Å². The molecule has 20 heavy (non-hydrogen) atoms. The number of hydrogen-bond acceptors (Lipinski definition) is 2. The summed E-state index contributed by atoms with van der Waals surface area (Å²) in [6, 6.07) is 0. The largest absolute Gasteiger partial charge is 0.463 e. The van der Waals surface area contributed by atoms with Gasteiger partial charge in [0.2, 0.25) is 0 Å². The fraction of sp³-hybridized carbons (Fsp3) is 0.824. The predicted octanol–water partition coefficient (Wildman–Crippen LogP) is 5.49. The molecule has 0 aromatic carbocycles. The minimum Gasteiger partial charge on any atom is -0.463 e. The number of halogens is 1. The van der Waals surface area contributed by atoms with Crippen LogP contribution in [0.2, 0.25) is 0 Å². The normalized spacial score (nSPS) is 14.2. The summed E-state index contributed by atoms with van der Waals surface area (Å²) >= 11 is 6.19. The van der Waals surface area contributed by atoms with E-state index in [4.69, 9.17) is 16.3 Å². The SMILES string of the molecule is CCOC(=O)/C=C(\C)CCCC(C)CCCC(C)(C)Cl. The monoisotopic (exact) mass is 302 g/mol. The Hall–Kier alpha value is -0.500. The highest BCUT2D eigenvalue weighted by molar-refractivity contribution is 6.23. The molecule has 1 unspecified atom stereocenters. The van der Waals surface area contributed by atoms with Crippen molar-refractivity contribution in [1.82, 2.24) is 0 Å². The van der Waals surface area contributed by atoms with E-state index in [1.807, 2.05) is 13.8 Å². The smallest absolute Gasteiger partial charge is 0.330 e. The van der Waals surface area contributed by atoms with Crippen molar-refractivity contribution in [2.24, 2.45) is 5.92 Å². The Morgan fingerprint density at radius 3 is 2.45 bits per heavy atom. The van der Waals surface area contributed by atoms with Crippen LogP contribution in [0.1, 0.15) is 73.1 Å². The minimum absolute atomic E-state index is 0.0707. The van der Waals surface area contributed by atoms with E-state index >= 15 is 0 Å². The van der Waals surface area contributed by atoms with Crippen molar-refractivity contribution in [3.63, 3.8) is 0 Å². The highest BCUT2D eigenvalue weighted by Gasteiger charge is 2.13. The van der Waals surface area contributed by atoms with Crippen molar-refractivity contribution in [3.8, 4) is 0 Å². The molecule has 0 rings (SSSR count). The fourth-order valence-electron chi connectivity index (χ4n) is 2.20. The number of allylic oxidation sites excluding steroid dienone is 1. The molecule has 1 atom stereocenters. The van der Waals surface area contributed by atoms with Gasteiger partial charge in [-0.1, -0.05) is 31.8 Å². The van der Waals surface area contributed by atoms with Gasteiger partial charge in [0.05, 0.1) is 6.61 Å². The summed E-state index contributed by atoms with van der Waals surface area (Å²) in [5.74, 6) is 0.506. The van der Waals surface area contributed by atoms with E-state index in [1.165, 1.54) is 19.3 Å². The molecular weight excluding hydrogens is 272 g/mol. The maximum absolute atomic E-state index is 11.3. The van der Waals surface area contributed by atoms with Crippen molar-refractivity contribution in [2.75, 3.05) is 6.61 Å². The van der Waals surface area contributed by atoms with E-state index in [0.29, 0.717) is 6.61 Å². The molecule has 0 aliphatic heterocycles. The first-order valence-electron chi connectivity index (χ1n) is 7.77. The van der Waals surface area contributed by atoms with Gasteiger partial charge in [-0.3, -0.25) is 0 Å². The van der Waals surface area contributed by atoms with Gasteiger partial charge in [0.1, 0.15) is 0 Å². The van der Waals surface area contributed by atoms with Crippen LogP contribution in [-0.2, 0) is 9.53 Å². The number of carbonyl (C=O) groups is 1. The molecule has 0 heterocycles. The molecule has 0 aliphatic rings. The zero-order valence-corrected chi connectivity index (χ0v) is 14.6. The van der Waals surface area contributed by atoms with Gasteiger partial charge < -0.3 is 4.74 Å². The quantitative estimate of drug-likeness (QED) is 0.303.